The number of hydrogen-bond donors (Lipinski definition) is 1. The quantitative estimate of drug-likeness (QED) is 0.320. The molecule has 4 aromatic rings. The second-order valence-electron chi connectivity index (χ2n) is 9.23. The molecular formula is C29H26ClFN4O2S. The molecule has 0 fully saturated rings. The molecule has 2 heterocycles. The summed E-state index contributed by atoms with van der Waals surface area (Å²) in [6.45, 7) is 3.51. The second kappa shape index (κ2) is 11.0. The fourth-order valence-corrected chi connectivity index (χ4v) is 6.00. The van der Waals surface area contributed by atoms with E-state index in [0.717, 1.165) is 5.56 Å². The van der Waals surface area contributed by atoms with Gasteiger partial charge >= 0.3 is 0 Å². The number of carbonyl (C=O) groups is 2. The molecule has 1 N–H and O–H groups in total. The molecule has 1 aromatic heterocycles. The fourth-order valence-electron chi connectivity index (χ4n) is 4.56. The Balaban J connectivity index is 1.83. The molecule has 1 aliphatic heterocycles. The highest BCUT2D eigenvalue weighted by Gasteiger charge is 2.38. The highest BCUT2D eigenvalue weighted by molar-refractivity contribution is 8.00. The van der Waals surface area contributed by atoms with Crippen LogP contribution in [0.25, 0.3) is 16.9 Å². The molecule has 9 heteroatoms. The summed E-state index contributed by atoms with van der Waals surface area (Å²) in [7, 11) is 0. The van der Waals surface area contributed by atoms with Crippen LogP contribution in [-0.2, 0) is 9.59 Å². The Morgan fingerprint density at radius 1 is 1.08 bits per heavy atom. The van der Waals surface area contributed by atoms with E-state index >= 15 is 4.39 Å². The molecule has 0 saturated heterocycles. The molecule has 194 valence electrons. The number of amides is 2. The summed E-state index contributed by atoms with van der Waals surface area (Å²) in [6, 6.07) is 23.2. The van der Waals surface area contributed by atoms with E-state index in [1.54, 1.807) is 35.0 Å². The first-order chi connectivity index (χ1) is 18.3. The molecule has 5 rings (SSSR count). The van der Waals surface area contributed by atoms with Gasteiger partial charge in [-0.05, 0) is 32.0 Å². The minimum absolute atomic E-state index is 0.0550. The summed E-state index contributed by atoms with van der Waals surface area (Å²) < 4.78 is 16.9. The van der Waals surface area contributed by atoms with Crippen LogP contribution in [0, 0.1) is 5.82 Å². The number of aromatic nitrogens is 2. The van der Waals surface area contributed by atoms with Crippen LogP contribution >= 0.6 is 23.4 Å². The number of benzene rings is 3. The number of halogens is 2. The van der Waals surface area contributed by atoms with Crippen molar-refractivity contribution < 1.29 is 14.0 Å². The number of thioether (sulfide) groups is 1. The van der Waals surface area contributed by atoms with Gasteiger partial charge in [-0.25, -0.2) is 9.07 Å². The Bertz CT molecular complexity index is 1490. The van der Waals surface area contributed by atoms with Crippen molar-refractivity contribution in [1.82, 2.24) is 15.1 Å². The van der Waals surface area contributed by atoms with E-state index in [0.29, 0.717) is 33.3 Å². The summed E-state index contributed by atoms with van der Waals surface area (Å²) in [5, 5.41) is 7.70. The number of hydrogen-bond acceptors (Lipinski definition) is 4. The summed E-state index contributed by atoms with van der Waals surface area (Å²) in [6.07, 6.45) is 0. The van der Waals surface area contributed by atoms with Crippen molar-refractivity contribution in [3.05, 3.63) is 101 Å². The van der Waals surface area contributed by atoms with Crippen LogP contribution in [-0.4, -0.2) is 39.9 Å². The first kappa shape index (κ1) is 26.0. The number of nitrogens with zero attached hydrogens (tertiary/aromatic N) is 3. The van der Waals surface area contributed by atoms with Crippen molar-refractivity contribution in [2.75, 3.05) is 17.2 Å². The normalized spacial score (nSPS) is 15.3. The van der Waals surface area contributed by atoms with Crippen molar-refractivity contribution in [3.8, 4) is 16.9 Å². The molecule has 2 amide bonds. The van der Waals surface area contributed by atoms with Gasteiger partial charge in [0.15, 0.2) is 0 Å². The molecule has 0 bridgehead atoms. The molecule has 6 nitrogen and oxygen atoms in total. The van der Waals surface area contributed by atoms with Crippen LogP contribution in [0.4, 0.5) is 10.2 Å². The molecule has 0 spiro atoms. The largest absolute Gasteiger partial charge is 0.352 e. The number of anilines is 1. The lowest BCUT2D eigenvalue weighted by Gasteiger charge is -2.24. The van der Waals surface area contributed by atoms with Gasteiger partial charge in [0.2, 0.25) is 11.8 Å². The van der Waals surface area contributed by atoms with Crippen LogP contribution in [0.2, 0.25) is 5.02 Å². The second-order valence-corrected chi connectivity index (χ2v) is 10.7. The van der Waals surface area contributed by atoms with E-state index in [4.69, 9.17) is 16.7 Å². The fraction of sp³-hybridized carbons (Fsp3) is 0.207. The lowest BCUT2D eigenvalue weighted by molar-refractivity contribution is -0.123. The molecular weight excluding hydrogens is 523 g/mol. The molecule has 0 aliphatic carbocycles. The summed E-state index contributed by atoms with van der Waals surface area (Å²) in [5.41, 5.74) is 3.03. The maximum absolute atomic E-state index is 15.3. The van der Waals surface area contributed by atoms with Crippen molar-refractivity contribution in [1.29, 1.82) is 0 Å². The van der Waals surface area contributed by atoms with Gasteiger partial charge in [0.05, 0.1) is 27.4 Å². The monoisotopic (exact) mass is 548 g/mol. The maximum atomic E-state index is 15.3. The van der Waals surface area contributed by atoms with E-state index in [2.05, 4.69) is 5.32 Å². The zero-order chi connectivity index (χ0) is 26.8. The van der Waals surface area contributed by atoms with Crippen LogP contribution in [0.5, 0.6) is 0 Å². The van der Waals surface area contributed by atoms with Crippen molar-refractivity contribution in [3.63, 3.8) is 0 Å². The predicted molar refractivity (Wildman–Crippen MR) is 150 cm³/mol. The Labute approximate surface area is 229 Å². The third-order valence-corrected chi connectivity index (χ3v) is 7.71. The number of para-hydroxylation sites is 1. The van der Waals surface area contributed by atoms with Gasteiger partial charge in [-0.2, -0.15) is 5.10 Å². The van der Waals surface area contributed by atoms with Gasteiger partial charge in [0, 0.05) is 22.7 Å². The third-order valence-electron chi connectivity index (χ3n) is 6.16. The van der Waals surface area contributed by atoms with Gasteiger partial charge < -0.3 is 5.32 Å². The maximum Gasteiger partial charge on any atom is 0.240 e. The number of carbonyl (C=O) groups excluding carboxylic acids is 2. The molecule has 3 aromatic carbocycles. The Morgan fingerprint density at radius 3 is 2.47 bits per heavy atom. The van der Waals surface area contributed by atoms with Crippen LogP contribution in [0.1, 0.15) is 30.2 Å². The topological polar surface area (TPSA) is 67.2 Å². The van der Waals surface area contributed by atoms with E-state index in [1.807, 2.05) is 56.3 Å². The summed E-state index contributed by atoms with van der Waals surface area (Å²) in [4.78, 5) is 28.0. The number of rotatable bonds is 6. The van der Waals surface area contributed by atoms with Crippen molar-refractivity contribution >= 4 is 41.0 Å². The van der Waals surface area contributed by atoms with E-state index in [9.17, 15) is 9.59 Å². The van der Waals surface area contributed by atoms with E-state index in [-0.39, 0.29) is 36.0 Å². The van der Waals surface area contributed by atoms with Gasteiger partial charge in [0.1, 0.15) is 18.2 Å². The van der Waals surface area contributed by atoms with Gasteiger partial charge in [-0.15, -0.1) is 11.8 Å². The van der Waals surface area contributed by atoms with Crippen molar-refractivity contribution in [2.24, 2.45) is 0 Å². The molecule has 1 atom stereocenters. The van der Waals surface area contributed by atoms with E-state index in [1.165, 1.54) is 22.7 Å². The average Bonchev–Trinajstić information content (AvgIpc) is 3.22. The Morgan fingerprint density at radius 2 is 1.76 bits per heavy atom. The summed E-state index contributed by atoms with van der Waals surface area (Å²) >= 11 is 7.95. The lowest BCUT2D eigenvalue weighted by Crippen LogP contribution is -2.44. The SMILES string of the molecule is CC(C)NC(=O)CN1C(=O)CS[C@H](c2ccccc2F)c2c(-c3ccccc3)nn(-c3ccccc3Cl)c21. The molecule has 0 saturated carbocycles. The van der Waals surface area contributed by atoms with Crippen LogP contribution < -0.4 is 10.2 Å². The standard InChI is InChI=1S/C29H26ClFN4O2S/c1-18(2)32-24(36)16-34-25(37)17-38-28(20-12-6-8-14-22(20)31)26-27(19-10-4-3-5-11-19)33-35(29(26)34)23-15-9-7-13-21(23)30/h3-15,18,28H,16-17H2,1-2H3,(H,32,36)/t28-/m1/s1. The van der Waals surface area contributed by atoms with E-state index < -0.39 is 5.25 Å². The Hall–Kier alpha value is -3.62. The summed E-state index contributed by atoms with van der Waals surface area (Å²) in [5.74, 6) is -0.499. The zero-order valence-corrected chi connectivity index (χ0v) is 22.5. The highest BCUT2D eigenvalue weighted by Crippen LogP contribution is 2.49. The molecule has 38 heavy (non-hydrogen) atoms. The first-order valence-corrected chi connectivity index (χ1v) is 13.7. The van der Waals surface area contributed by atoms with Crippen LogP contribution in [0.3, 0.4) is 0 Å². The number of fused-ring (bicyclic) bond motifs is 1. The zero-order valence-electron chi connectivity index (χ0n) is 20.9. The Kier molecular flexibility index (Phi) is 7.53. The lowest BCUT2D eigenvalue weighted by atomic mass is 9.99. The van der Waals surface area contributed by atoms with Gasteiger partial charge in [0.25, 0.3) is 0 Å². The van der Waals surface area contributed by atoms with Crippen molar-refractivity contribution in [2.45, 2.75) is 25.1 Å². The average molecular weight is 549 g/mol. The molecule has 0 radical (unpaired) electrons. The van der Waals surface area contributed by atoms with Gasteiger partial charge in [-0.1, -0.05) is 72.3 Å². The number of nitrogens with one attached hydrogen (secondary N) is 1. The van der Waals surface area contributed by atoms with Gasteiger partial charge in [-0.3, -0.25) is 14.5 Å². The first-order valence-electron chi connectivity index (χ1n) is 12.2. The molecule has 1 aliphatic rings. The van der Waals surface area contributed by atoms with Crippen LogP contribution in [0.15, 0.2) is 78.9 Å². The predicted octanol–water partition coefficient (Wildman–Crippen LogP) is 6.03. The minimum Gasteiger partial charge on any atom is -0.352 e. The highest BCUT2D eigenvalue weighted by atomic mass is 35.5. The minimum atomic E-state index is -0.556. The third kappa shape index (κ3) is 5.06. The molecule has 0 unspecified atom stereocenters. The smallest absolute Gasteiger partial charge is 0.240 e.